The van der Waals surface area contributed by atoms with Crippen LogP contribution in [-0.4, -0.2) is 27.4 Å². The highest BCUT2D eigenvalue weighted by atomic mass is 15.0. The zero-order valence-electron chi connectivity index (χ0n) is 77.1. The average Bonchev–Trinajstić information content (AvgIpc) is 1.68. The van der Waals surface area contributed by atoms with Gasteiger partial charge in [0.1, 0.15) is 0 Å². The molecule has 0 saturated heterocycles. The monoisotopic (exact) mass is 1740 g/mol. The molecule has 6 heterocycles. The van der Waals surface area contributed by atoms with E-state index < -0.39 is 0 Å². The molecule has 0 aliphatic rings. The van der Waals surface area contributed by atoms with Crippen molar-refractivity contribution in [3.05, 3.63) is 530 Å². The van der Waals surface area contributed by atoms with Gasteiger partial charge in [0.15, 0.2) is 0 Å². The minimum Gasteiger partial charge on any atom is -0.309 e. The van der Waals surface area contributed by atoms with E-state index >= 15 is 0 Å². The zero-order valence-corrected chi connectivity index (χ0v) is 77.1. The van der Waals surface area contributed by atoms with E-state index in [9.17, 15) is 0 Å². The third kappa shape index (κ3) is 14.1. The number of hydrogen-bond donors (Lipinski definition) is 0. The van der Waals surface area contributed by atoms with Gasteiger partial charge in [0.05, 0.1) is 66.2 Å². The third-order valence-corrected chi connectivity index (χ3v) is 29.2. The van der Waals surface area contributed by atoms with Crippen LogP contribution in [0.3, 0.4) is 0 Å². The first kappa shape index (κ1) is 82.4. The third-order valence-electron chi connectivity index (χ3n) is 29.2. The summed E-state index contributed by atoms with van der Waals surface area (Å²) in [6.45, 7) is 14.0. The highest BCUT2D eigenvalue weighted by Gasteiger charge is 2.30. The van der Waals surface area contributed by atoms with E-state index in [1.165, 1.54) is 221 Å². The second-order valence-corrected chi connectivity index (χ2v) is 37.9. The van der Waals surface area contributed by atoms with Gasteiger partial charge in [-0.3, -0.25) is 0 Å². The maximum absolute atomic E-state index is 2.38. The molecule has 0 fully saturated rings. The van der Waals surface area contributed by atoms with Gasteiger partial charge in [-0.1, -0.05) is 381 Å². The van der Waals surface area contributed by atoms with E-state index in [1.807, 2.05) is 0 Å². The molecular weight excluding hydrogens is 1650 g/mol. The second kappa shape index (κ2) is 33.5. The molecule has 0 radical (unpaired) electrons. The number of para-hydroxylation sites is 12. The first-order chi connectivity index (χ1) is 66.7. The summed E-state index contributed by atoms with van der Waals surface area (Å²) in [7, 11) is 0. The lowest BCUT2D eigenvalue weighted by Gasteiger charge is -2.30. The lowest BCUT2D eigenvalue weighted by atomic mass is 9.74. The van der Waals surface area contributed by atoms with Crippen molar-refractivity contribution in [1.82, 2.24) is 27.4 Å². The fourth-order valence-electron chi connectivity index (χ4n) is 21.7. The fraction of sp³-hybridized carbons (Fsp3) is 0.0769. The Bertz CT molecular complexity index is 8350. The minimum atomic E-state index is -0.147. The van der Waals surface area contributed by atoms with Gasteiger partial charge in [0.2, 0.25) is 0 Å². The smallest absolute Gasteiger partial charge is 0.0541 e. The number of hydrogen-bond acceptors (Lipinski definition) is 0. The van der Waals surface area contributed by atoms with Crippen LogP contribution in [0.4, 0.5) is 0 Å². The Morgan fingerprint density at radius 3 is 0.412 bits per heavy atom. The number of rotatable bonds is 15. The van der Waals surface area contributed by atoms with E-state index in [4.69, 9.17) is 0 Å². The lowest BCUT2D eigenvalue weighted by molar-refractivity contribution is 0.626. The van der Waals surface area contributed by atoms with Crippen molar-refractivity contribution in [1.29, 1.82) is 0 Å². The summed E-state index contributed by atoms with van der Waals surface area (Å²) in [6, 6.07) is 177. The molecule has 6 heteroatoms. The van der Waals surface area contributed by atoms with Crippen molar-refractivity contribution >= 4 is 131 Å². The van der Waals surface area contributed by atoms with Gasteiger partial charge in [-0.15, -0.1) is 0 Å². The van der Waals surface area contributed by atoms with Gasteiger partial charge in [0, 0.05) is 115 Å². The zero-order chi connectivity index (χ0) is 91.3. The summed E-state index contributed by atoms with van der Waals surface area (Å²) < 4.78 is 14.3. The molecule has 20 aromatic carbocycles. The molecule has 0 N–H and O–H groups in total. The van der Waals surface area contributed by atoms with Crippen molar-refractivity contribution in [3.8, 4) is 45.3 Å². The molecular formula is C130H100N6. The Morgan fingerprint density at radius 1 is 0.132 bits per heavy atom. The molecule has 0 unspecified atom stereocenters. The molecule has 136 heavy (non-hydrogen) atoms. The van der Waals surface area contributed by atoms with Crippen LogP contribution in [-0.2, 0) is 22.7 Å². The number of benzene rings is 20. The standard InChI is InChI=1S/C48H40N2.C43H30N2.C39H30N2/c1-47(2,35-25-29-37(30-26-35)49-43-17-9-5-13-39(43)40-14-6-10-18-44(40)49)33-21-23-34(24-22-33)48(3,4)36-27-31-38(32-28-36)50-45-19-11-7-15-41(45)42-16-8-12-20-46(42)50;1-5-13-40-36(9-1)37-10-2-6-14-41(37)44(40)34-25-19-31(20-26-34)29-30-17-21-32(22-18-30)33-23-27-35(28-24-33)45-42-15-7-3-11-38(42)39-12-4-8-16-43(39)45;1-39(2,27-19-23-29(24-20-27)40-35-15-7-3-11-31(35)32-12-4-8-16-36(32)40)28-21-25-30(26-22-28)41-37-17-9-5-13-33(37)34-14-6-10-18-38(34)41/h5-32H,1-4H3;1-28H,29H2;3-26H,1-2H3. The molecule has 0 amide bonds. The van der Waals surface area contributed by atoms with Crippen molar-refractivity contribution in [3.63, 3.8) is 0 Å². The van der Waals surface area contributed by atoms with Gasteiger partial charge in [-0.2, -0.15) is 0 Å². The van der Waals surface area contributed by atoms with E-state index in [0.717, 1.165) is 6.42 Å². The van der Waals surface area contributed by atoms with Crippen LogP contribution < -0.4 is 0 Å². The molecule has 26 aromatic rings. The number of aromatic nitrogens is 6. The predicted molar refractivity (Wildman–Crippen MR) is 576 cm³/mol. The van der Waals surface area contributed by atoms with Crippen LogP contribution in [0.1, 0.15) is 86.1 Å². The van der Waals surface area contributed by atoms with Gasteiger partial charge in [0.25, 0.3) is 0 Å². The number of fused-ring (bicyclic) bond motifs is 18. The largest absolute Gasteiger partial charge is 0.309 e. The molecule has 650 valence electrons. The Hall–Kier alpha value is -16.8. The summed E-state index contributed by atoms with van der Waals surface area (Å²) in [5.41, 5.74) is 34.4. The summed E-state index contributed by atoms with van der Waals surface area (Å²) in [6.07, 6.45) is 0.903. The molecule has 0 saturated carbocycles. The Morgan fingerprint density at radius 2 is 0.250 bits per heavy atom. The Kier molecular flexibility index (Phi) is 20.3. The molecule has 6 aromatic heterocycles. The SMILES string of the molecule is CC(C)(c1ccc(-n2c3ccccc3c3ccccc32)cc1)c1ccc(-n2c3ccccc3c3ccccc32)cc1.CC(C)(c1ccc(-n2c3ccccc3c3ccccc32)cc1)c1ccc(C(C)(C)c2ccc(-n3c4ccccc4c4ccccc43)cc2)cc1.c1ccc2c(c1)c1ccccc1n2-c1ccc(Cc2ccc(-c3ccc(-n4c5ccccc5c5ccccc54)cc3)cc2)cc1. The highest BCUT2D eigenvalue weighted by Crippen LogP contribution is 2.44. The van der Waals surface area contributed by atoms with Gasteiger partial charge in [-0.05, 0) is 208 Å². The van der Waals surface area contributed by atoms with Crippen molar-refractivity contribution < 1.29 is 0 Å². The van der Waals surface area contributed by atoms with E-state index in [2.05, 4.69) is 554 Å². The quantitative estimate of drug-likeness (QED) is 0.0979. The molecule has 0 aliphatic carbocycles. The maximum atomic E-state index is 2.38. The van der Waals surface area contributed by atoms with Crippen molar-refractivity contribution in [2.75, 3.05) is 0 Å². The topological polar surface area (TPSA) is 29.6 Å². The number of nitrogens with zero attached hydrogens (tertiary/aromatic N) is 6. The lowest BCUT2D eigenvalue weighted by Crippen LogP contribution is -2.21. The van der Waals surface area contributed by atoms with Crippen LogP contribution in [0, 0.1) is 0 Å². The summed E-state index contributed by atoms with van der Waals surface area (Å²) in [4.78, 5) is 0. The van der Waals surface area contributed by atoms with Crippen molar-refractivity contribution in [2.45, 2.75) is 64.2 Å². The van der Waals surface area contributed by atoms with E-state index in [-0.39, 0.29) is 16.2 Å². The summed E-state index contributed by atoms with van der Waals surface area (Å²) >= 11 is 0. The van der Waals surface area contributed by atoms with Gasteiger partial charge < -0.3 is 27.4 Å². The van der Waals surface area contributed by atoms with Crippen molar-refractivity contribution in [2.24, 2.45) is 0 Å². The molecule has 0 aliphatic heterocycles. The molecule has 26 rings (SSSR count). The first-order valence-electron chi connectivity index (χ1n) is 47.5. The average molecular weight is 1750 g/mol. The Balaban J connectivity index is 0.000000112. The summed E-state index contributed by atoms with van der Waals surface area (Å²) in [5.74, 6) is 0. The molecule has 0 atom stereocenters. The predicted octanol–water partition coefficient (Wildman–Crippen LogP) is 33.9. The maximum Gasteiger partial charge on any atom is 0.0541 e. The molecule has 6 nitrogen and oxygen atoms in total. The van der Waals surface area contributed by atoms with Gasteiger partial charge >= 0.3 is 0 Å². The van der Waals surface area contributed by atoms with Gasteiger partial charge in [-0.25, -0.2) is 0 Å². The highest BCUT2D eigenvalue weighted by molar-refractivity contribution is 6.14. The Labute approximate surface area is 792 Å². The minimum absolute atomic E-state index is 0.140. The van der Waals surface area contributed by atoms with E-state index in [0.29, 0.717) is 0 Å². The first-order valence-corrected chi connectivity index (χ1v) is 47.5. The fourth-order valence-corrected chi connectivity index (χ4v) is 21.7. The van der Waals surface area contributed by atoms with Crippen LogP contribution in [0.15, 0.2) is 485 Å². The molecule has 0 spiro atoms. The van der Waals surface area contributed by atoms with Crippen LogP contribution >= 0.6 is 0 Å². The van der Waals surface area contributed by atoms with Crippen LogP contribution in [0.5, 0.6) is 0 Å². The van der Waals surface area contributed by atoms with Crippen LogP contribution in [0.2, 0.25) is 0 Å². The van der Waals surface area contributed by atoms with Crippen LogP contribution in [0.25, 0.3) is 176 Å². The van der Waals surface area contributed by atoms with E-state index in [1.54, 1.807) is 0 Å². The molecule has 0 bridgehead atoms. The second-order valence-electron chi connectivity index (χ2n) is 37.9. The summed E-state index contributed by atoms with van der Waals surface area (Å²) in [5, 5.41) is 15.5. The normalized spacial score (nSPS) is 12.1.